The van der Waals surface area contributed by atoms with Crippen molar-refractivity contribution >= 4 is 45.7 Å². The summed E-state index contributed by atoms with van der Waals surface area (Å²) < 4.78 is 40.0. The van der Waals surface area contributed by atoms with Crippen LogP contribution >= 0.6 is 23.2 Å². The maximum atomic E-state index is 13.3. The van der Waals surface area contributed by atoms with Crippen molar-refractivity contribution in [3.63, 3.8) is 0 Å². The lowest BCUT2D eigenvalue weighted by Crippen LogP contribution is -2.41. The molecule has 1 aliphatic carbocycles. The summed E-state index contributed by atoms with van der Waals surface area (Å²) in [5, 5.41) is 13.4. The number of benzene rings is 1. The standard InChI is InChI=1S/C20H18Cl2F3N5O/c21-10-4-5-15-13(6-10)16(8-17(29-15)20(23,24)25)27-11-2-1-3-12(7-11)28-19(31)14-9-26-30-18(14)22/h4-6,8-9,11-12H,1-3,7H2,(H,26,30)(H,27,29)(H,28,31)/t11-,12+/m0/s1. The van der Waals surface area contributed by atoms with Crippen LogP contribution in [0.5, 0.6) is 0 Å². The lowest BCUT2D eigenvalue weighted by molar-refractivity contribution is -0.140. The Morgan fingerprint density at radius 3 is 2.65 bits per heavy atom. The Labute approximate surface area is 185 Å². The van der Waals surface area contributed by atoms with Gasteiger partial charge in [-0.15, -0.1) is 0 Å². The first-order valence-corrected chi connectivity index (χ1v) is 10.4. The van der Waals surface area contributed by atoms with Crippen LogP contribution in [0.1, 0.15) is 41.7 Å². The molecule has 0 bridgehead atoms. The predicted molar refractivity (Wildman–Crippen MR) is 112 cm³/mol. The number of rotatable bonds is 4. The number of H-pyrrole nitrogens is 1. The lowest BCUT2D eigenvalue weighted by Gasteiger charge is -2.31. The van der Waals surface area contributed by atoms with E-state index in [1.54, 1.807) is 6.07 Å². The summed E-state index contributed by atoms with van der Waals surface area (Å²) >= 11 is 12.0. The molecule has 6 nitrogen and oxygen atoms in total. The van der Waals surface area contributed by atoms with Gasteiger partial charge in [-0.3, -0.25) is 9.89 Å². The van der Waals surface area contributed by atoms with Crippen molar-refractivity contribution in [3.8, 4) is 0 Å². The number of alkyl halides is 3. The average molecular weight is 472 g/mol. The zero-order valence-electron chi connectivity index (χ0n) is 16.1. The molecule has 2 heterocycles. The Morgan fingerprint density at radius 2 is 1.94 bits per heavy atom. The van der Waals surface area contributed by atoms with E-state index in [9.17, 15) is 18.0 Å². The van der Waals surface area contributed by atoms with Gasteiger partial charge in [0.15, 0.2) is 0 Å². The molecule has 2 aromatic heterocycles. The summed E-state index contributed by atoms with van der Waals surface area (Å²) in [7, 11) is 0. The molecule has 164 valence electrons. The summed E-state index contributed by atoms with van der Waals surface area (Å²) in [6, 6.07) is 5.29. The van der Waals surface area contributed by atoms with E-state index in [1.807, 2.05) is 0 Å². The average Bonchev–Trinajstić information content (AvgIpc) is 3.14. The summed E-state index contributed by atoms with van der Waals surface area (Å²) in [5.41, 5.74) is -0.201. The number of hydrogen-bond acceptors (Lipinski definition) is 4. The minimum absolute atomic E-state index is 0.135. The highest BCUT2D eigenvalue weighted by atomic mass is 35.5. The third kappa shape index (κ3) is 4.88. The fraction of sp³-hybridized carbons (Fsp3) is 0.350. The number of halogens is 5. The molecular weight excluding hydrogens is 454 g/mol. The molecule has 31 heavy (non-hydrogen) atoms. The predicted octanol–water partition coefficient (Wildman–Crippen LogP) is 5.44. The molecule has 0 saturated heterocycles. The maximum absolute atomic E-state index is 13.3. The third-order valence-corrected chi connectivity index (χ3v) is 5.79. The minimum Gasteiger partial charge on any atom is -0.382 e. The molecule has 3 aromatic rings. The van der Waals surface area contributed by atoms with Crippen molar-refractivity contribution in [2.45, 2.75) is 43.9 Å². The zero-order chi connectivity index (χ0) is 22.2. The highest BCUT2D eigenvalue weighted by Crippen LogP contribution is 2.35. The maximum Gasteiger partial charge on any atom is 0.433 e. The Morgan fingerprint density at radius 1 is 1.16 bits per heavy atom. The second-order valence-corrected chi connectivity index (χ2v) is 8.30. The first kappa shape index (κ1) is 21.7. The number of fused-ring (bicyclic) bond motifs is 1. The van der Waals surface area contributed by atoms with Crippen LogP contribution in [0.2, 0.25) is 10.2 Å². The van der Waals surface area contributed by atoms with E-state index in [4.69, 9.17) is 23.2 Å². The molecule has 1 aliphatic rings. The molecule has 0 spiro atoms. The zero-order valence-corrected chi connectivity index (χ0v) is 17.6. The van der Waals surface area contributed by atoms with Gasteiger partial charge >= 0.3 is 6.18 Å². The quantitative estimate of drug-likeness (QED) is 0.473. The Bertz CT molecular complexity index is 1120. The summed E-state index contributed by atoms with van der Waals surface area (Å²) in [6.45, 7) is 0. The normalized spacial score (nSPS) is 19.4. The number of aromatic nitrogens is 3. The van der Waals surface area contributed by atoms with Gasteiger partial charge in [-0.25, -0.2) is 4.98 Å². The van der Waals surface area contributed by atoms with Gasteiger partial charge in [-0.1, -0.05) is 23.2 Å². The van der Waals surface area contributed by atoms with Crippen LogP contribution in [-0.2, 0) is 6.18 Å². The largest absolute Gasteiger partial charge is 0.433 e. The van der Waals surface area contributed by atoms with Crippen molar-refractivity contribution < 1.29 is 18.0 Å². The van der Waals surface area contributed by atoms with E-state index >= 15 is 0 Å². The molecule has 0 aliphatic heterocycles. The van der Waals surface area contributed by atoms with Gasteiger partial charge in [0, 0.05) is 28.2 Å². The summed E-state index contributed by atoms with van der Waals surface area (Å²) in [6.07, 6.45) is -0.357. The topological polar surface area (TPSA) is 82.7 Å². The molecule has 0 radical (unpaired) electrons. The van der Waals surface area contributed by atoms with Crippen molar-refractivity contribution in [1.82, 2.24) is 20.5 Å². The Kier molecular flexibility index (Phi) is 5.98. The molecule has 1 aromatic carbocycles. The third-order valence-electron chi connectivity index (χ3n) is 5.27. The van der Waals surface area contributed by atoms with Gasteiger partial charge in [-0.2, -0.15) is 18.3 Å². The molecule has 4 rings (SSSR count). The van der Waals surface area contributed by atoms with E-state index in [2.05, 4.69) is 25.8 Å². The van der Waals surface area contributed by atoms with Gasteiger partial charge in [0.25, 0.3) is 5.91 Å². The van der Waals surface area contributed by atoms with Gasteiger partial charge in [-0.05, 0) is 49.9 Å². The van der Waals surface area contributed by atoms with E-state index in [-0.39, 0.29) is 34.2 Å². The van der Waals surface area contributed by atoms with Crippen molar-refractivity contribution in [2.75, 3.05) is 5.32 Å². The number of amides is 1. The Hall–Kier alpha value is -2.52. The number of nitrogens with one attached hydrogen (secondary N) is 3. The number of carbonyl (C=O) groups excluding carboxylic acids is 1. The van der Waals surface area contributed by atoms with Crippen LogP contribution in [-0.4, -0.2) is 33.2 Å². The molecular formula is C20H18Cl2F3N5O. The van der Waals surface area contributed by atoms with Crippen LogP contribution in [0.3, 0.4) is 0 Å². The van der Waals surface area contributed by atoms with Crippen molar-refractivity contribution in [3.05, 3.63) is 51.9 Å². The van der Waals surface area contributed by atoms with Crippen LogP contribution in [0.25, 0.3) is 10.9 Å². The highest BCUT2D eigenvalue weighted by molar-refractivity contribution is 6.32. The number of anilines is 1. The number of nitrogens with zero attached hydrogens (tertiary/aromatic N) is 2. The van der Waals surface area contributed by atoms with Gasteiger partial charge in [0.05, 0.1) is 17.3 Å². The van der Waals surface area contributed by atoms with Crippen LogP contribution in [0.4, 0.5) is 18.9 Å². The van der Waals surface area contributed by atoms with E-state index in [0.717, 1.165) is 25.3 Å². The molecule has 1 fully saturated rings. The molecule has 2 atom stereocenters. The molecule has 1 saturated carbocycles. The van der Waals surface area contributed by atoms with E-state index < -0.39 is 11.9 Å². The number of carbonyl (C=O) groups is 1. The number of aromatic amines is 1. The molecule has 11 heteroatoms. The van der Waals surface area contributed by atoms with Crippen molar-refractivity contribution in [1.29, 1.82) is 0 Å². The number of pyridine rings is 1. The number of hydrogen-bond donors (Lipinski definition) is 3. The summed E-state index contributed by atoms with van der Waals surface area (Å²) in [4.78, 5) is 16.1. The molecule has 3 N–H and O–H groups in total. The Balaban J connectivity index is 1.55. The highest BCUT2D eigenvalue weighted by Gasteiger charge is 2.34. The fourth-order valence-electron chi connectivity index (χ4n) is 3.83. The monoisotopic (exact) mass is 471 g/mol. The molecule has 0 unspecified atom stereocenters. The summed E-state index contributed by atoms with van der Waals surface area (Å²) in [5.74, 6) is -0.343. The smallest absolute Gasteiger partial charge is 0.382 e. The van der Waals surface area contributed by atoms with Crippen LogP contribution in [0.15, 0.2) is 30.5 Å². The first-order valence-electron chi connectivity index (χ1n) is 9.64. The van der Waals surface area contributed by atoms with Gasteiger partial charge < -0.3 is 10.6 Å². The molecule has 1 amide bonds. The van der Waals surface area contributed by atoms with E-state index in [0.29, 0.717) is 22.5 Å². The van der Waals surface area contributed by atoms with Gasteiger partial charge in [0.2, 0.25) is 0 Å². The lowest BCUT2D eigenvalue weighted by atomic mass is 9.90. The SMILES string of the molecule is O=C(N[C@@H]1CCC[C@H](Nc2cc(C(F)(F)F)nc3ccc(Cl)cc23)C1)c1cn[nH]c1Cl. The second-order valence-electron chi connectivity index (χ2n) is 7.49. The fourth-order valence-corrected chi connectivity index (χ4v) is 4.18. The van der Waals surface area contributed by atoms with E-state index in [1.165, 1.54) is 18.3 Å². The van der Waals surface area contributed by atoms with Crippen LogP contribution in [0, 0.1) is 0 Å². The van der Waals surface area contributed by atoms with Crippen LogP contribution < -0.4 is 10.6 Å². The first-order chi connectivity index (χ1) is 14.7. The van der Waals surface area contributed by atoms with Gasteiger partial charge in [0.1, 0.15) is 10.8 Å². The minimum atomic E-state index is -4.57. The van der Waals surface area contributed by atoms with Crippen molar-refractivity contribution in [2.24, 2.45) is 0 Å². The second kappa shape index (κ2) is 8.55.